The largest absolute Gasteiger partial charge is 0.485 e. The first-order valence-corrected chi connectivity index (χ1v) is 9.22. The number of para-hydroxylation sites is 2. The Hall–Kier alpha value is -2.41. The molecule has 1 aromatic heterocycles. The van der Waals surface area contributed by atoms with Gasteiger partial charge in [-0.25, -0.2) is 4.98 Å². The fraction of sp³-hybridized carbons (Fsp3) is 0.389. The molecular weight excluding hydrogens is 338 g/mol. The number of rotatable bonds is 10. The SMILES string of the molecule is CC(=O)NCCCCCC(=O)Nc1ccccc1OCc1cscn1. The zero-order valence-electron chi connectivity index (χ0n) is 14.3. The molecule has 0 aliphatic carbocycles. The van der Waals surface area contributed by atoms with Crippen LogP contribution in [0.4, 0.5) is 5.69 Å². The predicted octanol–water partition coefficient (Wildman–Crippen LogP) is 3.36. The number of nitrogens with one attached hydrogen (secondary N) is 2. The van der Waals surface area contributed by atoms with Crippen LogP contribution < -0.4 is 15.4 Å². The number of ether oxygens (including phenoxy) is 1. The zero-order chi connectivity index (χ0) is 17.9. The van der Waals surface area contributed by atoms with Crippen molar-refractivity contribution in [2.75, 3.05) is 11.9 Å². The third kappa shape index (κ3) is 7.34. The van der Waals surface area contributed by atoms with Crippen molar-refractivity contribution >= 4 is 28.8 Å². The van der Waals surface area contributed by atoms with Crippen LogP contribution in [0.5, 0.6) is 5.75 Å². The first-order valence-electron chi connectivity index (χ1n) is 8.28. The summed E-state index contributed by atoms with van der Waals surface area (Å²) in [6.07, 6.45) is 3.00. The fourth-order valence-corrected chi connectivity index (χ4v) is 2.76. The summed E-state index contributed by atoms with van der Waals surface area (Å²) in [6, 6.07) is 7.38. The van der Waals surface area contributed by atoms with Crippen LogP contribution in [0, 0.1) is 0 Å². The maximum Gasteiger partial charge on any atom is 0.224 e. The summed E-state index contributed by atoms with van der Waals surface area (Å²) in [5.41, 5.74) is 3.30. The van der Waals surface area contributed by atoms with E-state index < -0.39 is 0 Å². The van der Waals surface area contributed by atoms with Gasteiger partial charge in [0.1, 0.15) is 12.4 Å². The molecule has 0 saturated heterocycles. The number of anilines is 1. The van der Waals surface area contributed by atoms with Crippen LogP contribution in [0.1, 0.15) is 38.3 Å². The lowest BCUT2D eigenvalue weighted by Crippen LogP contribution is -2.20. The standard InChI is InChI=1S/C18H23N3O3S/c1-14(22)19-10-6-2-3-9-18(23)21-16-7-4-5-8-17(16)24-11-15-12-25-13-20-15/h4-5,7-8,12-13H,2-3,6,9-11H2,1H3,(H,19,22)(H,21,23). The molecule has 0 aliphatic rings. The van der Waals surface area contributed by atoms with E-state index in [2.05, 4.69) is 15.6 Å². The third-order valence-electron chi connectivity index (χ3n) is 3.47. The van der Waals surface area contributed by atoms with Crippen LogP contribution in [0.15, 0.2) is 35.2 Å². The van der Waals surface area contributed by atoms with Crippen LogP contribution in [0.2, 0.25) is 0 Å². The molecule has 0 spiro atoms. The van der Waals surface area contributed by atoms with Crippen LogP contribution in [0.25, 0.3) is 0 Å². The molecule has 2 aromatic rings. The molecule has 0 aliphatic heterocycles. The monoisotopic (exact) mass is 361 g/mol. The molecular formula is C18H23N3O3S. The van der Waals surface area contributed by atoms with Crippen LogP contribution in [-0.2, 0) is 16.2 Å². The summed E-state index contributed by atoms with van der Waals surface area (Å²) in [4.78, 5) is 27.0. The van der Waals surface area contributed by atoms with Gasteiger partial charge in [0.25, 0.3) is 0 Å². The van der Waals surface area contributed by atoms with Crippen molar-refractivity contribution in [1.29, 1.82) is 0 Å². The lowest BCUT2D eigenvalue weighted by Gasteiger charge is -2.12. The van der Waals surface area contributed by atoms with Crippen molar-refractivity contribution in [3.8, 4) is 5.75 Å². The Kier molecular flexibility index (Phi) is 7.91. The maximum absolute atomic E-state index is 12.1. The molecule has 0 unspecified atom stereocenters. The molecule has 1 aromatic carbocycles. The van der Waals surface area contributed by atoms with Gasteiger partial charge in [0.05, 0.1) is 16.9 Å². The number of benzene rings is 1. The van der Waals surface area contributed by atoms with Gasteiger partial charge in [0.2, 0.25) is 11.8 Å². The van der Waals surface area contributed by atoms with E-state index in [1.807, 2.05) is 29.6 Å². The minimum absolute atomic E-state index is 0.0213. The molecule has 2 rings (SSSR count). The molecule has 7 heteroatoms. The topological polar surface area (TPSA) is 80.3 Å². The molecule has 6 nitrogen and oxygen atoms in total. The number of carbonyl (C=O) groups excluding carboxylic acids is 2. The second kappa shape index (κ2) is 10.5. The molecule has 0 fully saturated rings. The lowest BCUT2D eigenvalue weighted by atomic mass is 10.2. The number of unbranched alkanes of at least 4 members (excludes halogenated alkanes) is 2. The Morgan fingerprint density at radius 2 is 2.04 bits per heavy atom. The molecule has 25 heavy (non-hydrogen) atoms. The first kappa shape index (κ1) is 18.9. The highest BCUT2D eigenvalue weighted by Crippen LogP contribution is 2.25. The molecule has 0 radical (unpaired) electrons. The highest BCUT2D eigenvalue weighted by atomic mass is 32.1. The summed E-state index contributed by atoms with van der Waals surface area (Å²) in [5, 5.41) is 7.58. The average molecular weight is 361 g/mol. The molecule has 1 heterocycles. The van der Waals surface area contributed by atoms with Gasteiger partial charge in [-0.3, -0.25) is 9.59 Å². The number of amides is 2. The van der Waals surface area contributed by atoms with Gasteiger partial charge in [-0.05, 0) is 25.0 Å². The highest BCUT2D eigenvalue weighted by molar-refractivity contribution is 7.07. The average Bonchev–Trinajstić information content (AvgIpc) is 3.10. The van der Waals surface area contributed by atoms with E-state index in [-0.39, 0.29) is 11.8 Å². The predicted molar refractivity (Wildman–Crippen MR) is 98.7 cm³/mol. The van der Waals surface area contributed by atoms with Crippen LogP contribution in [-0.4, -0.2) is 23.3 Å². The van der Waals surface area contributed by atoms with Crippen molar-refractivity contribution in [2.45, 2.75) is 39.2 Å². The molecule has 2 amide bonds. The quantitative estimate of drug-likeness (QED) is 0.636. The van der Waals surface area contributed by atoms with Gasteiger partial charge in [-0.15, -0.1) is 11.3 Å². The van der Waals surface area contributed by atoms with E-state index in [1.165, 1.54) is 18.3 Å². The summed E-state index contributed by atoms with van der Waals surface area (Å²) in [6.45, 7) is 2.53. The zero-order valence-corrected chi connectivity index (χ0v) is 15.1. The van der Waals surface area contributed by atoms with Crippen LogP contribution in [0.3, 0.4) is 0 Å². The molecule has 134 valence electrons. The van der Waals surface area contributed by atoms with Crippen molar-refractivity contribution in [1.82, 2.24) is 10.3 Å². The molecule has 0 bridgehead atoms. The normalized spacial score (nSPS) is 10.3. The number of nitrogens with zero attached hydrogens (tertiary/aromatic N) is 1. The van der Waals surface area contributed by atoms with E-state index in [1.54, 1.807) is 5.51 Å². The van der Waals surface area contributed by atoms with Gasteiger partial charge in [0, 0.05) is 25.3 Å². The smallest absolute Gasteiger partial charge is 0.224 e. The van der Waals surface area contributed by atoms with Gasteiger partial charge >= 0.3 is 0 Å². The minimum atomic E-state index is -0.0377. The third-order valence-corrected chi connectivity index (χ3v) is 4.11. The summed E-state index contributed by atoms with van der Waals surface area (Å²) < 4.78 is 5.75. The highest BCUT2D eigenvalue weighted by Gasteiger charge is 2.08. The van der Waals surface area contributed by atoms with Crippen molar-refractivity contribution in [3.05, 3.63) is 40.8 Å². The van der Waals surface area contributed by atoms with E-state index in [9.17, 15) is 9.59 Å². The summed E-state index contributed by atoms with van der Waals surface area (Å²) >= 11 is 1.52. The lowest BCUT2D eigenvalue weighted by molar-refractivity contribution is -0.119. The van der Waals surface area contributed by atoms with Crippen molar-refractivity contribution in [2.24, 2.45) is 0 Å². The molecule has 0 atom stereocenters. The fourth-order valence-electron chi connectivity index (χ4n) is 2.22. The van der Waals surface area contributed by atoms with Crippen molar-refractivity contribution < 1.29 is 14.3 Å². The molecule has 2 N–H and O–H groups in total. The number of carbonyl (C=O) groups is 2. The second-order valence-electron chi connectivity index (χ2n) is 5.61. The van der Waals surface area contributed by atoms with Gasteiger partial charge < -0.3 is 15.4 Å². The van der Waals surface area contributed by atoms with Gasteiger partial charge in [-0.1, -0.05) is 18.6 Å². The molecule has 0 saturated carbocycles. The Bertz CT molecular complexity index is 674. The minimum Gasteiger partial charge on any atom is -0.485 e. The number of hydrogen-bond acceptors (Lipinski definition) is 5. The maximum atomic E-state index is 12.1. The van der Waals surface area contributed by atoms with Crippen LogP contribution >= 0.6 is 11.3 Å². The Morgan fingerprint density at radius 1 is 1.20 bits per heavy atom. The Balaban J connectivity index is 1.73. The Morgan fingerprint density at radius 3 is 2.80 bits per heavy atom. The summed E-state index contributed by atoms with van der Waals surface area (Å²) in [5.74, 6) is 0.575. The number of aromatic nitrogens is 1. The number of thiazole rings is 1. The first-order chi connectivity index (χ1) is 12.1. The Labute approximate surface area is 151 Å². The number of hydrogen-bond donors (Lipinski definition) is 2. The van der Waals surface area contributed by atoms with Crippen molar-refractivity contribution in [3.63, 3.8) is 0 Å². The van der Waals surface area contributed by atoms with E-state index in [0.717, 1.165) is 25.0 Å². The second-order valence-corrected chi connectivity index (χ2v) is 6.33. The van der Waals surface area contributed by atoms with E-state index in [0.29, 0.717) is 31.0 Å². The summed E-state index contributed by atoms with van der Waals surface area (Å²) in [7, 11) is 0. The van der Waals surface area contributed by atoms with Gasteiger partial charge in [0.15, 0.2) is 0 Å². The van der Waals surface area contributed by atoms with E-state index in [4.69, 9.17) is 4.74 Å². The van der Waals surface area contributed by atoms with E-state index >= 15 is 0 Å². The van der Waals surface area contributed by atoms with Gasteiger partial charge in [-0.2, -0.15) is 0 Å².